The van der Waals surface area contributed by atoms with Crippen LogP contribution in [0.1, 0.15) is 15.9 Å². The van der Waals surface area contributed by atoms with E-state index in [2.05, 4.69) is 5.32 Å². The molecular formula is C12H16FN3O. The predicted octanol–water partition coefficient (Wildman–Crippen LogP) is 0.762. The van der Waals surface area contributed by atoms with E-state index in [1.54, 1.807) is 11.8 Å². The molecule has 4 nitrogen and oxygen atoms in total. The molecule has 0 aliphatic carbocycles. The fourth-order valence-corrected chi connectivity index (χ4v) is 1.96. The van der Waals surface area contributed by atoms with Crippen LogP contribution in [-0.2, 0) is 0 Å². The molecule has 1 aromatic rings. The van der Waals surface area contributed by atoms with E-state index in [1.165, 1.54) is 12.1 Å². The molecule has 1 aliphatic heterocycles. The summed E-state index contributed by atoms with van der Waals surface area (Å²) in [6.45, 7) is 4.58. The monoisotopic (exact) mass is 237 g/mol. The van der Waals surface area contributed by atoms with Crippen molar-refractivity contribution in [3.63, 3.8) is 0 Å². The van der Waals surface area contributed by atoms with Crippen molar-refractivity contribution in [3.8, 4) is 0 Å². The van der Waals surface area contributed by atoms with Crippen molar-refractivity contribution < 1.29 is 9.18 Å². The Labute approximate surface area is 99.6 Å². The summed E-state index contributed by atoms with van der Waals surface area (Å²) in [6.07, 6.45) is 0. The Hall–Kier alpha value is -1.62. The Morgan fingerprint density at radius 2 is 2.06 bits per heavy atom. The lowest BCUT2D eigenvalue weighted by molar-refractivity contribution is 0.0734. The third-order valence-electron chi connectivity index (χ3n) is 3.05. The van der Waals surface area contributed by atoms with Gasteiger partial charge in [-0.15, -0.1) is 0 Å². The van der Waals surface area contributed by atoms with E-state index in [-0.39, 0.29) is 5.91 Å². The molecule has 0 aromatic heterocycles. The zero-order valence-corrected chi connectivity index (χ0v) is 9.79. The first-order chi connectivity index (χ1) is 8.09. The summed E-state index contributed by atoms with van der Waals surface area (Å²) < 4.78 is 13.3. The van der Waals surface area contributed by atoms with E-state index >= 15 is 0 Å². The fourth-order valence-electron chi connectivity index (χ4n) is 1.96. The second-order valence-corrected chi connectivity index (χ2v) is 4.21. The van der Waals surface area contributed by atoms with Gasteiger partial charge in [-0.25, -0.2) is 4.39 Å². The first-order valence-corrected chi connectivity index (χ1v) is 5.65. The van der Waals surface area contributed by atoms with Gasteiger partial charge in [0.25, 0.3) is 5.91 Å². The average molecular weight is 237 g/mol. The highest BCUT2D eigenvalue weighted by molar-refractivity contribution is 5.97. The molecule has 0 atom stereocenters. The van der Waals surface area contributed by atoms with E-state index in [4.69, 9.17) is 5.73 Å². The number of hydrogen-bond acceptors (Lipinski definition) is 3. The summed E-state index contributed by atoms with van der Waals surface area (Å²) in [5.74, 6) is -0.609. The van der Waals surface area contributed by atoms with Crippen LogP contribution in [0.5, 0.6) is 0 Å². The second-order valence-electron chi connectivity index (χ2n) is 4.21. The van der Waals surface area contributed by atoms with Crippen molar-refractivity contribution in [2.45, 2.75) is 6.92 Å². The van der Waals surface area contributed by atoms with Gasteiger partial charge in [0.2, 0.25) is 0 Å². The number of benzene rings is 1. The number of hydrogen-bond donors (Lipinski definition) is 2. The minimum absolute atomic E-state index is 0.143. The lowest BCUT2D eigenvalue weighted by Gasteiger charge is -2.28. The predicted molar refractivity (Wildman–Crippen MR) is 64.3 cm³/mol. The van der Waals surface area contributed by atoms with E-state index < -0.39 is 5.82 Å². The maximum Gasteiger partial charge on any atom is 0.254 e. The van der Waals surface area contributed by atoms with Crippen LogP contribution in [0.25, 0.3) is 0 Å². The highest BCUT2D eigenvalue weighted by Gasteiger charge is 2.20. The maximum absolute atomic E-state index is 13.3. The zero-order chi connectivity index (χ0) is 12.4. The van der Waals surface area contributed by atoms with Crippen LogP contribution in [0, 0.1) is 12.7 Å². The van der Waals surface area contributed by atoms with Gasteiger partial charge in [0.15, 0.2) is 0 Å². The van der Waals surface area contributed by atoms with Crippen molar-refractivity contribution in [3.05, 3.63) is 29.1 Å². The maximum atomic E-state index is 13.3. The van der Waals surface area contributed by atoms with Gasteiger partial charge in [0.05, 0.1) is 0 Å². The quantitative estimate of drug-likeness (QED) is 0.709. The number of nitrogens with one attached hydrogen (secondary N) is 1. The summed E-state index contributed by atoms with van der Waals surface area (Å²) in [5, 5.41) is 3.17. The average Bonchev–Trinajstić information content (AvgIpc) is 2.34. The Morgan fingerprint density at radius 3 is 2.71 bits per heavy atom. The number of halogens is 1. The van der Waals surface area contributed by atoms with Crippen molar-refractivity contribution in [2.75, 3.05) is 31.9 Å². The molecule has 92 valence electrons. The molecule has 2 rings (SSSR count). The number of nitrogens with zero attached hydrogens (tertiary/aromatic N) is 1. The molecule has 0 saturated carbocycles. The van der Waals surface area contributed by atoms with Crippen LogP contribution in [-0.4, -0.2) is 37.0 Å². The summed E-state index contributed by atoms with van der Waals surface area (Å²) in [6, 6.07) is 2.50. The number of carbonyl (C=O) groups excluding carboxylic acids is 1. The van der Waals surface area contributed by atoms with Gasteiger partial charge in [-0.3, -0.25) is 4.79 Å². The number of carbonyl (C=O) groups is 1. The summed E-state index contributed by atoms with van der Waals surface area (Å²) in [7, 11) is 0. The molecule has 1 saturated heterocycles. The van der Waals surface area contributed by atoms with Crippen molar-refractivity contribution in [2.24, 2.45) is 0 Å². The SMILES string of the molecule is Cc1c(N)cc(F)cc1C(=O)N1CCNCC1. The molecule has 1 heterocycles. The summed E-state index contributed by atoms with van der Waals surface area (Å²) in [4.78, 5) is 13.9. The Bertz CT molecular complexity index is 442. The van der Waals surface area contributed by atoms with Crippen molar-refractivity contribution >= 4 is 11.6 Å². The molecule has 1 amide bonds. The first kappa shape index (κ1) is 11.9. The van der Waals surface area contributed by atoms with Gasteiger partial charge in [0.1, 0.15) is 5.82 Å². The minimum atomic E-state index is -0.466. The third-order valence-corrected chi connectivity index (χ3v) is 3.05. The Morgan fingerprint density at radius 1 is 1.41 bits per heavy atom. The molecule has 1 aromatic carbocycles. The fraction of sp³-hybridized carbons (Fsp3) is 0.417. The van der Waals surface area contributed by atoms with Gasteiger partial charge in [-0.2, -0.15) is 0 Å². The first-order valence-electron chi connectivity index (χ1n) is 5.65. The van der Waals surface area contributed by atoms with Crippen LogP contribution in [0.15, 0.2) is 12.1 Å². The van der Waals surface area contributed by atoms with Crippen LogP contribution < -0.4 is 11.1 Å². The van der Waals surface area contributed by atoms with Crippen LogP contribution in [0.2, 0.25) is 0 Å². The molecule has 0 spiro atoms. The van der Waals surface area contributed by atoms with E-state index in [0.29, 0.717) is 29.9 Å². The van der Waals surface area contributed by atoms with Crippen molar-refractivity contribution in [1.29, 1.82) is 0 Å². The normalized spacial score (nSPS) is 16.0. The van der Waals surface area contributed by atoms with Crippen LogP contribution in [0.4, 0.5) is 10.1 Å². The lowest BCUT2D eigenvalue weighted by Crippen LogP contribution is -2.46. The Balaban J connectivity index is 2.29. The zero-order valence-electron chi connectivity index (χ0n) is 9.79. The van der Waals surface area contributed by atoms with Gasteiger partial charge < -0.3 is 16.0 Å². The number of rotatable bonds is 1. The number of anilines is 1. The van der Waals surface area contributed by atoms with Crippen LogP contribution >= 0.6 is 0 Å². The summed E-state index contributed by atoms with van der Waals surface area (Å²) in [5.41, 5.74) is 7.00. The molecule has 5 heteroatoms. The standard InChI is InChI=1S/C12H16FN3O/c1-8-10(6-9(13)7-11(8)14)12(17)16-4-2-15-3-5-16/h6-7,15H,2-5,14H2,1H3. The molecule has 1 aliphatic rings. The third kappa shape index (κ3) is 2.39. The largest absolute Gasteiger partial charge is 0.398 e. The topological polar surface area (TPSA) is 58.4 Å². The number of amides is 1. The number of nitrogen functional groups attached to an aromatic ring is 1. The Kier molecular flexibility index (Phi) is 3.28. The molecule has 0 unspecified atom stereocenters. The van der Waals surface area contributed by atoms with Gasteiger partial charge in [-0.05, 0) is 24.6 Å². The second kappa shape index (κ2) is 4.71. The molecular weight excluding hydrogens is 221 g/mol. The van der Waals surface area contributed by atoms with Crippen LogP contribution in [0.3, 0.4) is 0 Å². The molecule has 17 heavy (non-hydrogen) atoms. The van der Waals surface area contributed by atoms with Gasteiger partial charge in [0, 0.05) is 37.4 Å². The summed E-state index contributed by atoms with van der Waals surface area (Å²) >= 11 is 0. The molecule has 0 bridgehead atoms. The molecule has 0 radical (unpaired) electrons. The van der Waals surface area contributed by atoms with E-state index in [1.807, 2.05) is 0 Å². The molecule has 3 N–H and O–H groups in total. The van der Waals surface area contributed by atoms with Gasteiger partial charge >= 0.3 is 0 Å². The highest BCUT2D eigenvalue weighted by Crippen LogP contribution is 2.20. The van der Waals surface area contributed by atoms with E-state index in [9.17, 15) is 9.18 Å². The van der Waals surface area contributed by atoms with Gasteiger partial charge in [-0.1, -0.05) is 0 Å². The highest BCUT2D eigenvalue weighted by atomic mass is 19.1. The number of nitrogens with two attached hydrogens (primary N) is 1. The number of piperazine rings is 1. The van der Waals surface area contributed by atoms with Crippen molar-refractivity contribution in [1.82, 2.24) is 10.2 Å². The lowest BCUT2D eigenvalue weighted by atomic mass is 10.0. The molecule has 1 fully saturated rings. The minimum Gasteiger partial charge on any atom is -0.398 e. The van der Waals surface area contributed by atoms with E-state index in [0.717, 1.165) is 13.1 Å². The smallest absolute Gasteiger partial charge is 0.254 e.